The molecule has 2 nitrogen and oxygen atoms in total. The number of carbonyl (C=O) groups is 1. The van der Waals surface area contributed by atoms with E-state index in [4.69, 9.17) is 0 Å². The summed E-state index contributed by atoms with van der Waals surface area (Å²) in [7, 11) is 1.41. The predicted octanol–water partition coefficient (Wildman–Crippen LogP) is 2.54. The molecule has 1 atom stereocenters. The van der Waals surface area contributed by atoms with Crippen molar-refractivity contribution >= 4 is 5.97 Å². The van der Waals surface area contributed by atoms with Crippen LogP contribution in [-0.2, 0) is 9.53 Å². The highest BCUT2D eigenvalue weighted by molar-refractivity contribution is 5.70. The molecule has 12 heavy (non-hydrogen) atoms. The van der Waals surface area contributed by atoms with Gasteiger partial charge in [0.25, 0.3) is 0 Å². The van der Waals surface area contributed by atoms with Crippen molar-refractivity contribution in [2.45, 2.75) is 33.1 Å². The van der Waals surface area contributed by atoms with Crippen LogP contribution in [0.4, 0.5) is 0 Å². The van der Waals surface area contributed by atoms with E-state index in [2.05, 4.69) is 24.7 Å². The van der Waals surface area contributed by atoms with Crippen molar-refractivity contribution in [1.29, 1.82) is 0 Å². The Morgan fingerprint density at radius 1 is 1.58 bits per heavy atom. The van der Waals surface area contributed by atoms with E-state index in [1.54, 1.807) is 0 Å². The van der Waals surface area contributed by atoms with Crippen molar-refractivity contribution in [3.8, 4) is 0 Å². The quantitative estimate of drug-likeness (QED) is 0.468. The smallest absolute Gasteiger partial charge is 0.309 e. The predicted molar refractivity (Wildman–Crippen MR) is 49.8 cm³/mol. The second-order valence-electron chi connectivity index (χ2n) is 2.97. The van der Waals surface area contributed by atoms with Crippen LogP contribution in [0.2, 0.25) is 0 Å². The Morgan fingerprint density at radius 3 is 2.75 bits per heavy atom. The normalized spacial score (nSPS) is 13.2. The molecule has 1 unspecified atom stereocenters. The zero-order valence-corrected chi connectivity index (χ0v) is 8.17. The van der Waals surface area contributed by atoms with Gasteiger partial charge in [-0.25, -0.2) is 0 Å². The van der Waals surface area contributed by atoms with Gasteiger partial charge in [-0.2, -0.15) is 0 Å². The highest BCUT2D eigenvalue weighted by Crippen LogP contribution is 2.06. The Kier molecular flexibility index (Phi) is 6.44. The number of hydrogen-bond donors (Lipinski definition) is 0. The number of ether oxygens (including phenoxy) is 1. The number of esters is 1. The molecular formula is C10H18O2. The minimum absolute atomic E-state index is 0.171. The topological polar surface area (TPSA) is 26.3 Å². The van der Waals surface area contributed by atoms with E-state index in [1.165, 1.54) is 20.0 Å². The van der Waals surface area contributed by atoms with Gasteiger partial charge in [0.05, 0.1) is 13.5 Å². The van der Waals surface area contributed by atoms with Gasteiger partial charge in [-0.05, 0) is 12.3 Å². The van der Waals surface area contributed by atoms with E-state index in [-0.39, 0.29) is 5.97 Å². The van der Waals surface area contributed by atoms with Crippen molar-refractivity contribution in [1.82, 2.24) is 0 Å². The van der Waals surface area contributed by atoms with Crippen LogP contribution in [-0.4, -0.2) is 13.1 Å². The lowest BCUT2D eigenvalue weighted by molar-refractivity contribution is -0.139. The van der Waals surface area contributed by atoms with E-state index < -0.39 is 0 Å². The number of carbonyl (C=O) groups excluding carboxylic acids is 1. The van der Waals surface area contributed by atoms with Crippen LogP contribution in [0.25, 0.3) is 0 Å². The van der Waals surface area contributed by atoms with Crippen LogP contribution in [0.3, 0.4) is 0 Å². The summed E-state index contributed by atoms with van der Waals surface area (Å²) >= 11 is 0. The van der Waals surface area contributed by atoms with E-state index in [0.717, 1.165) is 0 Å². The highest BCUT2D eigenvalue weighted by Gasteiger charge is 1.96. The maximum atomic E-state index is 10.7. The van der Waals surface area contributed by atoms with Crippen molar-refractivity contribution in [3.05, 3.63) is 12.2 Å². The fraction of sp³-hybridized carbons (Fsp3) is 0.700. The first-order chi connectivity index (χ1) is 5.70. The molecule has 0 spiro atoms. The fourth-order valence-electron chi connectivity index (χ4n) is 1.03. The number of methoxy groups -OCH3 is 1. The van der Waals surface area contributed by atoms with Crippen LogP contribution >= 0.6 is 0 Å². The SMILES string of the molecule is CCCC(C)/C=C/CC(=O)OC. The summed E-state index contributed by atoms with van der Waals surface area (Å²) < 4.78 is 4.50. The lowest BCUT2D eigenvalue weighted by Crippen LogP contribution is -1.97. The first kappa shape index (κ1) is 11.2. The van der Waals surface area contributed by atoms with Crippen LogP contribution < -0.4 is 0 Å². The standard InChI is InChI=1S/C10H18O2/c1-4-6-9(2)7-5-8-10(11)12-3/h5,7,9H,4,6,8H2,1-3H3/b7-5+. The molecule has 0 bridgehead atoms. The van der Waals surface area contributed by atoms with Gasteiger partial charge >= 0.3 is 5.97 Å². The summed E-state index contributed by atoms with van der Waals surface area (Å²) in [5.74, 6) is 0.398. The maximum absolute atomic E-state index is 10.7. The third-order valence-corrected chi connectivity index (χ3v) is 1.72. The minimum atomic E-state index is -0.171. The molecule has 0 heterocycles. The molecular weight excluding hydrogens is 152 g/mol. The summed E-state index contributed by atoms with van der Waals surface area (Å²) in [4.78, 5) is 10.7. The first-order valence-corrected chi connectivity index (χ1v) is 4.44. The van der Waals surface area contributed by atoms with Crippen LogP contribution in [0, 0.1) is 5.92 Å². The molecule has 0 saturated heterocycles. The van der Waals surface area contributed by atoms with E-state index in [1.807, 2.05) is 6.08 Å². The molecule has 0 N–H and O–H groups in total. The zero-order valence-electron chi connectivity index (χ0n) is 8.17. The number of hydrogen-bond acceptors (Lipinski definition) is 2. The second-order valence-corrected chi connectivity index (χ2v) is 2.97. The lowest BCUT2D eigenvalue weighted by atomic mass is 10.1. The lowest BCUT2D eigenvalue weighted by Gasteiger charge is -2.01. The minimum Gasteiger partial charge on any atom is -0.469 e. The van der Waals surface area contributed by atoms with Gasteiger partial charge in [0.1, 0.15) is 0 Å². The third kappa shape index (κ3) is 5.96. The Morgan fingerprint density at radius 2 is 2.25 bits per heavy atom. The van der Waals surface area contributed by atoms with Crippen molar-refractivity contribution < 1.29 is 9.53 Å². The summed E-state index contributed by atoms with van der Waals surface area (Å²) in [6.45, 7) is 4.31. The second kappa shape index (κ2) is 6.89. The largest absolute Gasteiger partial charge is 0.469 e. The van der Waals surface area contributed by atoms with Crippen molar-refractivity contribution in [3.63, 3.8) is 0 Å². The molecule has 0 radical (unpaired) electrons. The average Bonchev–Trinajstić information content (AvgIpc) is 2.04. The molecule has 0 aliphatic heterocycles. The van der Waals surface area contributed by atoms with Gasteiger partial charge in [-0.1, -0.05) is 32.4 Å². The van der Waals surface area contributed by atoms with Crippen LogP contribution in [0.1, 0.15) is 33.1 Å². The van der Waals surface area contributed by atoms with E-state index in [9.17, 15) is 4.79 Å². The molecule has 0 aliphatic rings. The Labute approximate surface area is 74.6 Å². The summed E-state index contributed by atoms with van der Waals surface area (Å²) in [5, 5.41) is 0. The Bertz CT molecular complexity index is 150. The molecule has 70 valence electrons. The molecule has 0 aromatic rings. The van der Waals surface area contributed by atoms with Crippen molar-refractivity contribution in [2.24, 2.45) is 5.92 Å². The molecule has 0 aromatic heterocycles. The van der Waals surface area contributed by atoms with Crippen molar-refractivity contribution in [2.75, 3.05) is 7.11 Å². The number of rotatable bonds is 5. The van der Waals surface area contributed by atoms with E-state index >= 15 is 0 Å². The summed E-state index contributed by atoms with van der Waals surface area (Å²) in [5.41, 5.74) is 0. The molecule has 0 aromatic carbocycles. The summed E-state index contributed by atoms with van der Waals surface area (Å²) in [6, 6.07) is 0. The number of allylic oxidation sites excluding steroid dienone is 1. The molecule has 0 amide bonds. The van der Waals surface area contributed by atoms with Gasteiger partial charge in [-0.3, -0.25) is 4.79 Å². The molecule has 0 aliphatic carbocycles. The maximum Gasteiger partial charge on any atom is 0.309 e. The zero-order chi connectivity index (χ0) is 9.40. The van der Waals surface area contributed by atoms with Crippen LogP contribution in [0.15, 0.2) is 12.2 Å². The molecule has 0 rings (SSSR count). The van der Waals surface area contributed by atoms with Gasteiger partial charge < -0.3 is 4.74 Å². The van der Waals surface area contributed by atoms with Crippen LogP contribution in [0.5, 0.6) is 0 Å². The van der Waals surface area contributed by atoms with Gasteiger partial charge in [-0.15, -0.1) is 0 Å². The fourth-order valence-corrected chi connectivity index (χ4v) is 1.03. The summed E-state index contributed by atoms with van der Waals surface area (Å²) in [6.07, 6.45) is 6.71. The van der Waals surface area contributed by atoms with Gasteiger partial charge in [0.15, 0.2) is 0 Å². The molecule has 0 saturated carbocycles. The molecule has 2 heteroatoms. The van der Waals surface area contributed by atoms with Gasteiger partial charge in [0, 0.05) is 0 Å². The molecule has 0 fully saturated rings. The van der Waals surface area contributed by atoms with Gasteiger partial charge in [0.2, 0.25) is 0 Å². The highest BCUT2D eigenvalue weighted by atomic mass is 16.5. The first-order valence-electron chi connectivity index (χ1n) is 4.44. The average molecular weight is 170 g/mol. The Hall–Kier alpha value is -0.790. The third-order valence-electron chi connectivity index (χ3n) is 1.72. The van der Waals surface area contributed by atoms with E-state index in [0.29, 0.717) is 12.3 Å². The Balaban J connectivity index is 3.53. The monoisotopic (exact) mass is 170 g/mol.